The first kappa shape index (κ1) is 27.5. The summed E-state index contributed by atoms with van der Waals surface area (Å²) in [5, 5.41) is 7.19. The van der Waals surface area contributed by atoms with Gasteiger partial charge in [0.15, 0.2) is 0 Å². The SMILES string of the molecule is C=N/C=C(\C=C(/C)NC(=O)Cc1ccccc1)c1cc2c(cn1)NCN=C2c1cc2c(-c3ccc(F)cc3)cncc2[nH]1. The predicted octanol–water partition coefficient (Wildman–Crippen LogP) is 6.29. The maximum atomic E-state index is 13.6. The molecule has 0 radical (unpaired) electrons. The number of carbonyl (C=O) groups is 1. The molecular formula is C34H28FN7O. The van der Waals surface area contributed by atoms with Crippen LogP contribution < -0.4 is 10.6 Å². The predicted molar refractivity (Wildman–Crippen MR) is 169 cm³/mol. The van der Waals surface area contributed by atoms with Gasteiger partial charge in [-0.1, -0.05) is 42.5 Å². The quantitative estimate of drug-likeness (QED) is 0.151. The lowest BCUT2D eigenvalue weighted by molar-refractivity contribution is -0.119. The topological polar surface area (TPSA) is 107 Å². The van der Waals surface area contributed by atoms with Crippen molar-refractivity contribution in [2.24, 2.45) is 9.98 Å². The van der Waals surface area contributed by atoms with E-state index in [0.717, 1.165) is 50.2 Å². The summed E-state index contributed by atoms with van der Waals surface area (Å²) in [5.41, 5.74) is 8.79. The Bertz CT molecular complexity index is 1920. The lowest BCUT2D eigenvalue weighted by Crippen LogP contribution is -2.23. The molecule has 0 fully saturated rings. The molecule has 0 atom stereocenters. The van der Waals surface area contributed by atoms with E-state index in [1.807, 2.05) is 55.5 Å². The number of rotatable bonds is 8. The highest BCUT2D eigenvalue weighted by Crippen LogP contribution is 2.32. The zero-order valence-electron chi connectivity index (χ0n) is 23.4. The molecule has 0 saturated carbocycles. The Morgan fingerprint density at radius 2 is 1.88 bits per heavy atom. The van der Waals surface area contributed by atoms with Gasteiger partial charge in [0.05, 0.1) is 47.1 Å². The van der Waals surface area contributed by atoms with Crippen LogP contribution in [0.15, 0.2) is 113 Å². The van der Waals surface area contributed by atoms with Gasteiger partial charge in [-0.15, -0.1) is 0 Å². The Morgan fingerprint density at radius 1 is 1.07 bits per heavy atom. The molecule has 2 aromatic carbocycles. The van der Waals surface area contributed by atoms with Crippen LogP contribution in [0.3, 0.4) is 0 Å². The van der Waals surface area contributed by atoms with E-state index in [0.29, 0.717) is 23.6 Å². The first-order valence-corrected chi connectivity index (χ1v) is 13.7. The van der Waals surface area contributed by atoms with E-state index in [1.165, 1.54) is 12.1 Å². The van der Waals surface area contributed by atoms with Crippen molar-refractivity contribution in [3.8, 4) is 11.1 Å². The number of aromatic amines is 1. The number of allylic oxidation sites excluding steroid dienone is 3. The smallest absolute Gasteiger partial charge is 0.228 e. The third kappa shape index (κ3) is 6.01. The standard InChI is InChI=1S/C34H28FN7O/c1-21(41-33(43)13-22-6-4-3-5-7-22)12-24(16-36-2)29-15-27-31(19-38-29)39-20-40-34(27)30-14-26-28(17-37-18-32(26)42-30)23-8-10-25(35)11-9-23/h3-12,14-19,39,42H,2,13,20H2,1H3,(H,41,43)/b21-12+,24-16+. The largest absolute Gasteiger partial charge is 0.364 e. The number of hydrogen-bond donors (Lipinski definition) is 3. The fourth-order valence-corrected chi connectivity index (χ4v) is 5.10. The molecule has 1 aliphatic rings. The number of amides is 1. The van der Waals surface area contributed by atoms with E-state index in [9.17, 15) is 9.18 Å². The van der Waals surface area contributed by atoms with Gasteiger partial charge in [-0.3, -0.25) is 24.7 Å². The summed E-state index contributed by atoms with van der Waals surface area (Å²) in [6, 6.07) is 19.9. The maximum Gasteiger partial charge on any atom is 0.228 e. The van der Waals surface area contributed by atoms with Gasteiger partial charge < -0.3 is 15.6 Å². The number of H-pyrrole nitrogens is 1. The Balaban J connectivity index is 1.31. The number of halogens is 1. The van der Waals surface area contributed by atoms with Crippen LogP contribution in [0.2, 0.25) is 0 Å². The molecule has 8 nitrogen and oxygen atoms in total. The van der Waals surface area contributed by atoms with E-state index < -0.39 is 0 Å². The van der Waals surface area contributed by atoms with Crippen LogP contribution in [0.5, 0.6) is 0 Å². The summed E-state index contributed by atoms with van der Waals surface area (Å²) >= 11 is 0. The summed E-state index contributed by atoms with van der Waals surface area (Å²) in [6.07, 6.45) is 9.02. The molecular weight excluding hydrogens is 541 g/mol. The summed E-state index contributed by atoms with van der Waals surface area (Å²) < 4.78 is 13.6. The lowest BCUT2D eigenvalue weighted by Gasteiger charge is -2.18. The van der Waals surface area contributed by atoms with Gasteiger partial charge >= 0.3 is 0 Å². The number of nitrogens with zero attached hydrogens (tertiary/aromatic N) is 4. The van der Waals surface area contributed by atoms with Gasteiger partial charge in [0.2, 0.25) is 5.91 Å². The van der Waals surface area contributed by atoms with Crippen LogP contribution in [0.4, 0.5) is 10.1 Å². The minimum absolute atomic E-state index is 0.115. The van der Waals surface area contributed by atoms with Crippen molar-refractivity contribution in [1.82, 2.24) is 20.3 Å². The Morgan fingerprint density at radius 3 is 2.67 bits per heavy atom. The second-order valence-electron chi connectivity index (χ2n) is 10.1. The highest BCUT2D eigenvalue weighted by atomic mass is 19.1. The zero-order valence-corrected chi connectivity index (χ0v) is 23.4. The molecule has 0 saturated heterocycles. The molecule has 1 aliphatic heterocycles. The van der Waals surface area contributed by atoms with Crippen molar-refractivity contribution < 1.29 is 9.18 Å². The minimum atomic E-state index is -0.289. The van der Waals surface area contributed by atoms with Crippen LogP contribution in [-0.4, -0.2) is 40.0 Å². The molecule has 3 N–H and O–H groups in total. The molecule has 1 amide bonds. The van der Waals surface area contributed by atoms with Crippen LogP contribution >= 0.6 is 0 Å². The number of aromatic nitrogens is 3. The molecule has 212 valence electrons. The Hall–Kier alpha value is -5.70. The fourth-order valence-electron chi connectivity index (χ4n) is 5.10. The van der Waals surface area contributed by atoms with Crippen LogP contribution in [0.25, 0.3) is 27.6 Å². The van der Waals surface area contributed by atoms with Gasteiger partial charge in [-0.05, 0) is 55.1 Å². The average Bonchev–Trinajstić information content (AvgIpc) is 3.46. The molecule has 4 heterocycles. The number of fused-ring (bicyclic) bond motifs is 2. The van der Waals surface area contributed by atoms with E-state index >= 15 is 0 Å². The lowest BCUT2D eigenvalue weighted by atomic mass is 10.0. The van der Waals surface area contributed by atoms with Gasteiger partial charge in [-0.25, -0.2) is 4.39 Å². The van der Waals surface area contributed by atoms with Gasteiger partial charge in [0, 0.05) is 40.2 Å². The van der Waals surface area contributed by atoms with Crippen molar-refractivity contribution in [2.45, 2.75) is 13.3 Å². The fraction of sp³-hybridized carbons (Fsp3) is 0.0882. The van der Waals surface area contributed by atoms with E-state index in [1.54, 1.807) is 36.9 Å². The van der Waals surface area contributed by atoms with Gasteiger partial charge in [-0.2, -0.15) is 0 Å². The number of benzene rings is 2. The molecule has 0 unspecified atom stereocenters. The monoisotopic (exact) mass is 569 g/mol. The van der Waals surface area contributed by atoms with Crippen molar-refractivity contribution >= 4 is 40.5 Å². The molecule has 0 spiro atoms. The van der Waals surface area contributed by atoms with Crippen molar-refractivity contribution in [1.29, 1.82) is 0 Å². The summed E-state index contributed by atoms with van der Waals surface area (Å²) in [6.45, 7) is 5.84. The van der Waals surface area contributed by atoms with Crippen LogP contribution in [0, 0.1) is 5.82 Å². The maximum absolute atomic E-state index is 13.6. The van der Waals surface area contributed by atoms with Crippen molar-refractivity contribution in [3.63, 3.8) is 0 Å². The minimum Gasteiger partial charge on any atom is -0.364 e. The molecule has 0 bridgehead atoms. The average molecular weight is 570 g/mol. The number of nitrogens with one attached hydrogen (secondary N) is 3. The highest BCUT2D eigenvalue weighted by Gasteiger charge is 2.20. The number of aliphatic imine (C=N–C) groups is 2. The zero-order chi connectivity index (χ0) is 29.8. The van der Waals surface area contributed by atoms with Crippen LogP contribution in [-0.2, 0) is 11.2 Å². The Kier molecular flexibility index (Phi) is 7.69. The summed E-state index contributed by atoms with van der Waals surface area (Å²) in [4.78, 5) is 33.9. The summed E-state index contributed by atoms with van der Waals surface area (Å²) in [7, 11) is 0. The van der Waals surface area contributed by atoms with Crippen molar-refractivity contribution in [2.75, 3.05) is 12.0 Å². The summed E-state index contributed by atoms with van der Waals surface area (Å²) in [5.74, 6) is -0.403. The van der Waals surface area contributed by atoms with E-state index in [2.05, 4.69) is 37.3 Å². The third-order valence-corrected chi connectivity index (χ3v) is 7.06. The van der Waals surface area contributed by atoms with Crippen molar-refractivity contribution in [3.05, 3.63) is 132 Å². The molecule has 43 heavy (non-hydrogen) atoms. The Labute approximate surface area is 247 Å². The first-order valence-electron chi connectivity index (χ1n) is 13.7. The second kappa shape index (κ2) is 12.0. The normalized spacial score (nSPS) is 13.2. The number of carbonyl (C=O) groups excluding carboxylic acids is 1. The van der Waals surface area contributed by atoms with Gasteiger partial charge in [0.25, 0.3) is 0 Å². The molecule has 3 aromatic heterocycles. The van der Waals surface area contributed by atoms with Crippen LogP contribution in [0.1, 0.15) is 29.4 Å². The number of pyridine rings is 2. The molecule has 9 heteroatoms. The number of anilines is 1. The van der Waals surface area contributed by atoms with E-state index in [-0.39, 0.29) is 18.1 Å². The highest BCUT2D eigenvalue weighted by molar-refractivity contribution is 6.18. The molecule has 5 aromatic rings. The molecule has 0 aliphatic carbocycles. The molecule has 6 rings (SSSR count). The third-order valence-electron chi connectivity index (χ3n) is 7.06. The second-order valence-corrected chi connectivity index (χ2v) is 10.1. The van der Waals surface area contributed by atoms with E-state index in [4.69, 9.17) is 4.99 Å². The first-order chi connectivity index (χ1) is 21.0. The van der Waals surface area contributed by atoms with Gasteiger partial charge in [0.1, 0.15) is 12.5 Å². The number of hydrogen-bond acceptors (Lipinski definition) is 6.